The van der Waals surface area contributed by atoms with Gasteiger partial charge in [0, 0.05) is 23.4 Å². The lowest BCUT2D eigenvalue weighted by Gasteiger charge is -2.32. The first kappa shape index (κ1) is 30.7. The van der Waals surface area contributed by atoms with Crippen molar-refractivity contribution in [3.8, 4) is 0 Å². The van der Waals surface area contributed by atoms with Gasteiger partial charge in [-0.25, -0.2) is 0 Å². The molecule has 4 rings (SSSR count). The number of aryl methyl sites for hydroxylation is 4. The van der Waals surface area contributed by atoms with E-state index in [0.717, 1.165) is 22.8 Å². The van der Waals surface area contributed by atoms with Crippen molar-refractivity contribution in [3.63, 3.8) is 0 Å². The molecule has 0 heterocycles. The third-order valence-corrected chi connectivity index (χ3v) is 10.7. The van der Waals surface area contributed by atoms with Gasteiger partial charge in [0.05, 0.1) is 22.8 Å². The van der Waals surface area contributed by atoms with Crippen LogP contribution in [0, 0.1) is 27.7 Å². The Morgan fingerprint density at radius 1 is 0.667 bits per heavy atom. The normalized spacial score (nSPS) is 15.7. The Kier molecular flexibility index (Phi) is 8.20. The van der Waals surface area contributed by atoms with E-state index in [0.29, 0.717) is 34.0 Å². The van der Waals surface area contributed by atoms with Crippen molar-refractivity contribution in [2.75, 3.05) is 11.5 Å². The summed E-state index contributed by atoms with van der Waals surface area (Å²) in [6.07, 6.45) is 1.63. The zero-order chi connectivity index (χ0) is 31.0. The van der Waals surface area contributed by atoms with E-state index < -0.39 is 30.7 Å². The lowest BCUT2D eigenvalue weighted by molar-refractivity contribution is 0.438. The van der Waals surface area contributed by atoms with Gasteiger partial charge in [0.2, 0.25) is 0 Å². The number of benzene rings is 3. The Hall–Kier alpha value is -4.24. The van der Waals surface area contributed by atoms with Crippen LogP contribution in [-0.4, -0.2) is 30.0 Å². The fourth-order valence-electron chi connectivity index (χ4n) is 4.48. The first-order valence-corrected chi connectivity index (χ1v) is 15.4. The maximum absolute atomic E-state index is 12.7. The fraction of sp³-hybridized carbons (Fsp3) is 0.214. The molecule has 220 valence electrons. The Labute approximate surface area is 244 Å². The molecule has 0 saturated carbocycles. The number of azo groups is 2. The third kappa shape index (κ3) is 5.87. The molecule has 6 N–H and O–H groups in total. The predicted molar refractivity (Wildman–Crippen MR) is 162 cm³/mol. The molecule has 0 unspecified atom stereocenters. The third-order valence-electron chi connectivity index (χ3n) is 7.01. The number of nitrogens with zero attached hydrogens (tertiary/aromatic N) is 4. The van der Waals surface area contributed by atoms with Crippen LogP contribution in [0.15, 0.2) is 86.8 Å². The Morgan fingerprint density at radius 2 is 1.14 bits per heavy atom. The fourth-order valence-corrected chi connectivity index (χ4v) is 7.13. The van der Waals surface area contributed by atoms with Crippen molar-refractivity contribution in [1.82, 2.24) is 0 Å². The van der Waals surface area contributed by atoms with Gasteiger partial charge in [0.1, 0.15) is 0 Å². The van der Waals surface area contributed by atoms with E-state index in [9.17, 15) is 25.9 Å². The minimum absolute atomic E-state index is 0.0981. The zero-order valence-corrected chi connectivity index (χ0v) is 24.9. The molecule has 0 bridgehead atoms. The van der Waals surface area contributed by atoms with Gasteiger partial charge in [0.15, 0.2) is 0 Å². The van der Waals surface area contributed by atoms with E-state index in [2.05, 4.69) is 20.5 Å². The van der Waals surface area contributed by atoms with Gasteiger partial charge in [0.25, 0.3) is 24.3 Å². The van der Waals surface area contributed by atoms with Crippen LogP contribution in [0.25, 0.3) is 5.57 Å². The molecular weight excluding hydrogens is 580 g/mol. The maximum Gasteiger partial charge on any atom is 0.292 e. The second kappa shape index (κ2) is 11.2. The first-order chi connectivity index (χ1) is 19.5. The molecular formula is C28H30N6O6S2. The molecule has 0 atom stereocenters. The van der Waals surface area contributed by atoms with Crippen LogP contribution in [0.2, 0.25) is 0 Å². The number of hydrogen-bond acceptors (Lipinski definition) is 10. The Morgan fingerprint density at radius 3 is 1.62 bits per heavy atom. The maximum atomic E-state index is 12.7. The number of hydrogen-bond donors (Lipinski definition) is 4. The van der Waals surface area contributed by atoms with Crippen LogP contribution in [0.4, 0.5) is 28.4 Å². The van der Waals surface area contributed by atoms with Crippen molar-refractivity contribution >= 4 is 54.2 Å². The molecule has 0 radical (unpaired) electrons. The molecule has 1 aliphatic carbocycles. The summed E-state index contributed by atoms with van der Waals surface area (Å²) in [7, 11) is -10.9. The molecule has 3 aromatic rings. The van der Waals surface area contributed by atoms with Crippen molar-refractivity contribution in [3.05, 3.63) is 94.2 Å². The Balaban J connectivity index is 1.75. The summed E-state index contributed by atoms with van der Waals surface area (Å²) < 4.78 is 68.2. The minimum atomic E-state index is -5.47. The van der Waals surface area contributed by atoms with Crippen LogP contribution in [0.5, 0.6) is 0 Å². The molecule has 0 aliphatic heterocycles. The summed E-state index contributed by atoms with van der Waals surface area (Å²) in [4.78, 5) is 0. The summed E-state index contributed by atoms with van der Waals surface area (Å²) >= 11 is 0. The molecule has 42 heavy (non-hydrogen) atoms. The van der Waals surface area contributed by atoms with Crippen LogP contribution in [0.3, 0.4) is 0 Å². The molecule has 0 spiro atoms. The topological polar surface area (TPSA) is 210 Å². The largest absolute Gasteiger partial charge is 0.399 e. The van der Waals surface area contributed by atoms with Gasteiger partial charge in [-0.15, -0.1) is 0 Å². The van der Waals surface area contributed by atoms with Gasteiger partial charge in [-0.05, 0) is 98.0 Å². The van der Waals surface area contributed by atoms with E-state index in [-0.39, 0.29) is 16.8 Å². The Bertz CT molecular complexity index is 1880. The number of nitrogens with two attached hydrogens (primary N) is 2. The van der Waals surface area contributed by atoms with Crippen molar-refractivity contribution in [2.24, 2.45) is 20.5 Å². The highest BCUT2D eigenvalue weighted by atomic mass is 32.3. The summed E-state index contributed by atoms with van der Waals surface area (Å²) in [5.74, 6) is 0. The van der Waals surface area contributed by atoms with E-state index in [1.165, 1.54) is 30.3 Å². The smallest absolute Gasteiger partial charge is 0.292 e. The average molecular weight is 611 g/mol. The predicted octanol–water partition coefficient (Wildman–Crippen LogP) is 6.43. The monoisotopic (exact) mass is 610 g/mol. The number of rotatable bonds is 7. The van der Waals surface area contributed by atoms with Crippen molar-refractivity contribution in [2.45, 2.75) is 38.2 Å². The molecule has 3 aromatic carbocycles. The summed E-state index contributed by atoms with van der Waals surface area (Å²) in [6, 6.07) is 12.7. The number of nitrogen functional groups attached to an aromatic ring is 2. The highest BCUT2D eigenvalue weighted by molar-refractivity contribution is 8.06. The summed E-state index contributed by atoms with van der Waals surface area (Å²) in [6.45, 7) is 7.21. The van der Waals surface area contributed by atoms with Crippen LogP contribution in [-0.2, 0) is 20.2 Å². The van der Waals surface area contributed by atoms with Crippen molar-refractivity contribution in [1.29, 1.82) is 0 Å². The second-order valence-electron chi connectivity index (χ2n) is 10.1. The van der Waals surface area contributed by atoms with E-state index in [1.807, 2.05) is 13.8 Å². The highest BCUT2D eigenvalue weighted by Crippen LogP contribution is 2.46. The number of anilines is 2. The standard InChI is InChI=1S/C28H30N6O6S2/c1-16-13-26(18(3)11-24(16)29)33-31-21-7-5-20(6-8-21)23-10-9-22(15-28(23,41(35,36)37)42(38,39)40)32-34-27-14-17(2)25(30)12-19(27)4/h5-14H,15,29-30H2,1-4H3,(H,35,36,37)(H,38,39,40). The average Bonchev–Trinajstić information content (AvgIpc) is 2.90. The first-order valence-electron chi connectivity index (χ1n) is 12.6. The minimum Gasteiger partial charge on any atom is -0.399 e. The second-order valence-corrected chi connectivity index (χ2v) is 13.6. The highest BCUT2D eigenvalue weighted by Gasteiger charge is 2.59. The van der Waals surface area contributed by atoms with E-state index in [4.69, 9.17) is 11.5 Å². The van der Waals surface area contributed by atoms with Gasteiger partial charge < -0.3 is 11.5 Å². The molecule has 0 fully saturated rings. The van der Waals surface area contributed by atoms with Gasteiger partial charge >= 0.3 is 0 Å². The van der Waals surface area contributed by atoms with Crippen molar-refractivity contribution < 1.29 is 25.9 Å². The van der Waals surface area contributed by atoms with E-state index >= 15 is 0 Å². The SMILES string of the molecule is Cc1cc(N=NC2=CC=C(c3ccc(N=Nc4cc(C)c(N)cc4C)cc3)C(S(=O)(=O)O)(S(=O)(=O)O)C2)c(C)cc1N. The van der Waals surface area contributed by atoms with Crippen LogP contribution < -0.4 is 11.5 Å². The van der Waals surface area contributed by atoms with Gasteiger partial charge in [-0.3, -0.25) is 9.11 Å². The summed E-state index contributed by atoms with van der Waals surface area (Å²) in [5, 5.41) is 16.6. The van der Waals surface area contributed by atoms with E-state index in [1.54, 1.807) is 38.1 Å². The molecule has 0 aromatic heterocycles. The molecule has 14 heteroatoms. The molecule has 0 amide bonds. The lowest BCUT2D eigenvalue weighted by Crippen LogP contribution is -2.48. The molecule has 12 nitrogen and oxygen atoms in total. The molecule has 0 saturated heterocycles. The molecule has 1 aliphatic rings. The van der Waals surface area contributed by atoms with Gasteiger partial charge in [-0.2, -0.15) is 37.3 Å². The lowest BCUT2D eigenvalue weighted by atomic mass is 9.94. The zero-order valence-electron chi connectivity index (χ0n) is 23.3. The number of allylic oxidation sites excluding steroid dienone is 3. The quantitative estimate of drug-likeness (QED) is 0.133. The van der Waals surface area contributed by atoms with Crippen LogP contribution >= 0.6 is 0 Å². The summed E-state index contributed by atoms with van der Waals surface area (Å²) in [5.41, 5.74) is 17.1. The van der Waals surface area contributed by atoms with Gasteiger partial charge in [-0.1, -0.05) is 18.2 Å². The van der Waals surface area contributed by atoms with Crippen LogP contribution in [0.1, 0.15) is 34.2 Å².